The minimum atomic E-state index is -4.38. The normalized spacial score (nSPS) is 33.3. The lowest BCUT2D eigenvalue weighted by atomic mass is 9.67. The maximum Gasteiger partial charge on any atom is 0.416 e. The van der Waals surface area contributed by atoms with Crippen molar-refractivity contribution in [1.29, 1.82) is 0 Å². The Morgan fingerprint density at radius 3 is 2.61 bits per heavy atom. The fourth-order valence-corrected chi connectivity index (χ4v) is 6.77. The summed E-state index contributed by atoms with van der Waals surface area (Å²) in [6.45, 7) is 5.24. The molecule has 0 bridgehead atoms. The summed E-state index contributed by atoms with van der Waals surface area (Å²) < 4.78 is 38.8. The molecule has 5 nitrogen and oxygen atoms in total. The SMILES string of the molecule is O=C1NC2CC(CN3CCN(c4ccc(C(F)(F)F)cc4Cl)CC3)CCC2C2NCCCC12. The van der Waals surface area contributed by atoms with Gasteiger partial charge in [0.15, 0.2) is 0 Å². The molecule has 4 fully saturated rings. The van der Waals surface area contributed by atoms with Gasteiger partial charge in [-0.05, 0) is 68.7 Å². The highest BCUT2D eigenvalue weighted by Crippen LogP contribution is 2.39. The summed E-state index contributed by atoms with van der Waals surface area (Å²) in [6.07, 6.45) is 1.08. The van der Waals surface area contributed by atoms with Crippen LogP contribution in [-0.2, 0) is 11.0 Å². The van der Waals surface area contributed by atoms with Crippen LogP contribution < -0.4 is 15.5 Å². The minimum absolute atomic E-state index is 0.140. The van der Waals surface area contributed by atoms with Crippen LogP contribution in [0.1, 0.15) is 37.7 Å². The van der Waals surface area contributed by atoms with Crippen LogP contribution >= 0.6 is 11.6 Å². The Morgan fingerprint density at radius 1 is 1.09 bits per heavy atom. The number of benzene rings is 1. The predicted molar refractivity (Wildman–Crippen MR) is 122 cm³/mol. The molecule has 33 heavy (non-hydrogen) atoms. The second kappa shape index (κ2) is 9.27. The van der Waals surface area contributed by atoms with Gasteiger partial charge >= 0.3 is 6.18 Å². The van der Waals surface area contributed by atoms with Crippen molar-refractivity contribution in [1.82, 2.24) is 15.5 Å². The highest BCUT2D eigenvalue weighted by molar-refractivity contribution is 6.33. The second-order valence-electron chi connectivity index (χ2n) is 10.1. The van der Waals surface area contributed by atoms with Crippen molar-refractivity contribution < 1.29 is 18.0 Å². The van der Waals surface area contributed by atoms with Gasteiger partial charge < -0.3 is 15.5 Å². The van der Waals surface area contributed by atoms with E-state index in [1.807, 2.05) is 0 Å². The Kier molecular flexibility index (Phi) is 6.53. The van der Waals surface area contributed by atoms with Gasteiger partial charge in [0.05, 0.1) is 22.2 Å². The lowest BCUT2D eigenvalue weighted by Gasteiger charge is -2.50. The molecule has 2 N–H and O–H groups in total. The number of carbonyl (C=O) groups is 1. The number of nitrogens with one attached hydrogen (secondary N) is 2. The van der Waals surface area contributed by atoms with Crippen LogP contribution in [-0.4, -0.2) is 62.2 Å². The molecule has 3 heterocycles. The average Bonchev–Trinajstić information content (AvgIpc) is 2.79. The van der Waals surface area contributed by atoms with Gasteiger partial charge in [-0.2, -0.15) is 13.2 Å². The van der Waals surface area contributed by atoms with Crippen LogP contribution in [0.15, 0.2) is 18.2 Å². The first-order valence-electron chi connectivity index (χ1n) is 12.2. The van der Waals surface area contributed by atoms with Crippen LogP contribution in [0.4, 0.5) is 18.9 Å². The zero-order valence-corrected chi connectivity index (χ0v) is 19.5. The fraction of sp³-hybridized carbons (Fsp3) is 0.708. The highest BCUT2D eigenvalue weighted by atomic mass is 35.5. The number of nitrogens with zero attached hydrogens (tertiary/aromatic N) is 2. The zero-order chi connectivity index (χ0) is 23.2. The molecule has 5 unspecified atom stereocenters. The molecule has 1 aromatic carbocycles. The number of alkyl halides is 3. The van der Waals surface area contributed by atoms with E-state index in [1.165, 1.54) is 12.5 Å². The molecule has 0 spiro atoms. The first-order chi connectivity index (χ1) is 15.8. The van der Waals surface area contributed by atoms with Gasteiger partial charge in [-0.1, -0.05) is 11.6 Å². The van der Waals surface area contributed by atoms with Gasteiger partial charge in [0, 0.05) is 44.8 Å². The van der Waals surface area contributed by atoms with E-state index >= 15 is 0 Å². The van der Waals surface area contributed by atoms with Gasteiger partial charge in [-0.15, -0.1) is 0 Å². The first kappa shape index (κ1) is 23.2. The minimum Gasteiger partial charge on any atom is -0.368 e. The summed E-state index contributed by atoms with van der Waals surface area (Å²) in [7, 11) is 0. The highest BCUT2D eigenvalue weighted by Gasteiger charge is 2.47. The van der Waals surface area contributed by atoms with Crippen molar-refractivity contribution in [2.45, 2.75) is 50.4 Å². The molecule has 1 saturated carbocycles. The van der Waals surface area contributed by atoms with Crippen molar-refractivity contribution in [2.24, 2.45) is 17.8 Å². The van der Waals surface area contributed by atoms with Crippen molar-refractivity contribution in [3.8, 4) is 0 Å². The number of hydrogen-bond acceptors (Lipinski definition) is 4. The van der Waals surface area contributed by atoms with Crippen molar-refractivity contribution in [3.63, 3.8) is 0 Å². The summed E-state index contributed by atoms with van der Waals surface area (Å²) in [4.78, 5) is 17.1. The molecule has 9 heteroatoms. The summed E-state index contributed by atoms with van der Waals surface area (Å²) in [5.41, 5.74) is -0.0423. The van der Waals surface area contributed by atoms with E-state index in [0.717, 1.165) is 77.1 Å². The average molecular weight is 485 g/mol. The Morgan fingerprint density at radius 2 is 1.88 bits per heavy atom. The van der Waals surface area contributed by atoms with Crippen LogP contribution in [0, 0.1) is 17.8 Å². The Hall–Kier alpha value is -1.51. The van der Waals surface area contributed by atoms with Gasteiger partial charge in [-0.25, -0.2) is 0 Å². The number of carbonyl (C=O) groups excluding carboxylic acids is 1. The van der Waals surface area contributed by atoms with E-state index in [2.05, 4.69) is 20.4 Å². The number of piperazine rings is 1. The molecule has 0 aromatic heterocycles. The lowest BCUT2D eigenvalue weighted by Crippen LogP contribution is -2.64. The van der Waals surface area contributed by atoms with Crippen molar-refractivity contribution >= 4 is 23.2 Å². The van der Waals surface area contributed by atoms with E-state index in [9.17, 15) is 18.0 Å². The Labute approximate surface area is 198 Å². The van der Waals surface area contributed by atoms with E-state index in [1.54, 1.807) is 0 Å². The molecule has 5 rings (SSSR count). The molecule has 1 amide bonds. The van der Waals surface area contributed by atoms with E-state index in [-0.39, 0.29) is 22.9 Å². The molecule has 182 valence electrons. The second-order valence-corrected chi connectivity index (χ2v) is 10.5. The molecular weight excluding hydrogens is 453 g/mol. The fourth-order valence-electron chi connectivity index (χ4n) is 6.47. The van der Waals surface area contributed by atoms with Crippen LogP contribution in [0.5, 0.6) is 0 Å². The van der Waals surface area contributed by atoms with Gasteiger partial charge in [-0.3, -0.25) is 9.69 Å². The molecule has 5 atom stereocenters. The Bertz CT molecular complexity index is 874. The zero-order valence-electron chi connectivity index (χ0n) is 18.7. The quantitative estimate of drug-likeness (QED) is 0.686. The molecular formula is C24H32ClF3N4O. The van der Waals surface area contributed by atoms with Gasteiger partial charge in [0.1, 0.15) is 0 Å². The van der Waals surface area contributed by atoms with Crippen molar-refractivity contribution in [2.75, 3.05) is 44.2 Å². The number of amides is 1. The van der Waals surface area contributed by atoms with Crippen molar-refractivity contribution in [3.05, 3.63) is 28.8 Å². The molecule has 0 radical (unpaired) electrons. The molecule has 1 aliphatic carbocycles. The van der Waals surface area contributed by atoms with E-state index in [4.69, 9.17) is 11.6 Å². The third kappa shape index (κ3) is 4.84. The third-order valence-corrected chi connectivity index (χ3v) is 8.45. The number of anilines is 1. The Balaban J connectivity index is 1.14. The molecule has 1 aromatic rings. The largest absolute Gasteiger partial charge is 0.416 e. The van der Waals surface area contributed by atoms with Gasteiger partial charge in [0.2, 0.25) is 5.91 Å². The summed E-state index contributed by atoms with van der Waals surface area (Å²) >= 11 is 6.19. The first-order valence-corrected chi connectivity index (χ1v) is 12.5. The maximum atomic E-state index is 12.9. The van der Waals surface area contributed by atoms with Crippen LogP contribution in [0.2, 0.25) is 5.02 Å². The maximum absolute atomic E-state index is 12.9. The smallest absolute Gasteiger partial charge is 0.368 e. The van der Waals surface area contributed by atoms with Crippen LogP contribution in [0.25, 0.3) is 0 Å². The molecule has 3 aliphatic heterocycles. The number of halogens is 4. The van der Waals surface area contributed by atoms with Gasteiger partial charge in [0.25, 0.3) is 0 Å². The number of piperidine rings is 2. The van der Waals surface area contributed by atoms with E-state index in [0.29, 0.717) is 23.6 Å². The molecule has 3 saturated heterocycles. The topological polar surface area (TPSA) is 47.6 Å². The number of hydrogen-bond donors (Lipinski definition) is 2. The number of fused-ring (bicyclic) bond motifs is 3. The standard InChI is InChI=1S/C24H32ClF3N4O/c25-19-13-16(24(26,27)28)4-6-21(19)32-10-8-31(9-11-32)14-15-3-5-17-20(12-15)30-23(33)18-2-1-7-29-22(17)18/h4,6,13,15,17-18,20,22,29H,1-3,5,7-12,14H2,(H,30,33). The predicted octanol–water partition coefficient (Wildman–Crippen LogP) is 3.76. The van der Waals surface area contributed by atoms with E-state index < -0.39 is 11.7 Å². The summed E-state index contributed by atoms with van der Waals surface area (Å²) in [5, 5.41) is 7.12. The number of rotatable bonds is 3. The monoisotopic (exact) mass is 484 g/mol. The van der Waals surface area contributed by atoms with Crippen LogP contribution in [0.3, 0.4) is 0 Å². The summed E-state index contributed by atoms with van der Waals surface area (Å²) in [5.74, 6) is 1.48. The summed E-state index contributed by atoms with van der Waals surface area (Å²) in [6, 6.07) is 4.23. The molecule has 4 aliphatic rings. The lowest BCUT2D eigenvalue weighted by molar-refractivity contribution is -0.137. The third-order valence-electron chi connectivity index (χ3n) is 8.15.